The molecule has 10 heteroatoms. The Morgan fingerprint density at radius 1 is 1.18 bits per heavy atom. The van der Waals surface area contributed by atoms with Crippen LogP contribution in [0, 0.1) is 0 Å². The minimum atomic E-state index is -0.495. The molecule has 34 heavy (non-hydrogen) atoms. The van der Waals surface area contributed by atoms with Gasteiger partial charge in [0.15, 0.2) is 5.65 Å². The molecule has 0 unspecified atom stereocenters. The Labute approximate surface area is 192 Å². The van der Waals surface area contributed by atoms with Crippen molar-refractivity contribution in [1.29, 1.82) is 0 Å². The second-order valence-electron chi connectivity index (χ2n) is 8.46. The quantitative estimate of drug-likeness (QED) is 0.320. The highest BCUT2D eigenvalue weighted by Gasteiger charge is 2.21. The van der Waals surface area contributed by atoms with Crippen LogP contribution in [-0.4, -0.2) is 40.7 Å². The number of rotatable bonds is 5. The molecule has 0 amide bonds. The Morgan fingerprint density at radius 2 is 2.00 bits per heavy atom. The molecule has 0 aliphatic heterocycles. The Morgan fingerprint density at radius 3 is 2.79 bits per heavy atom. The number of hydrogen-bond acceptors (Lipinski definition) is 7. The van der Waals surface area contributed by atoms with Crippen LogP contribution >= 0.6 is 0 Å². The van der Waals surface area contributed by atoms with Crippen molar-refractivity contribution in [3.63, 3.8) is 0 Å². The smallest absolute Gasteiger partial charge is 0.326 e. The minimum absolute atomic E-state index is 0.0669. The van der Waals surface area contributed by atoms with Crippen LogP contribution in [0.15, 0.2) is 58.4 Å². The normalized spacial score (nSPS) is 15.9. The maximum atomic E-state index is 11.5. The lowest BCUT2D eigenvalue weighted by Gasteiger charge is -2.16. The van der Waals surface area contributed by atoms with Crippen LogP contribution in [0.3, 0.4) is 0 Å². The van der Waals surface area contributed by atoms with Gasteiger partial charge in [-0.15, -0.1) is 0 Å². The number of nitrogens with zero attached hydrogens (tertiary/aromatic N) is 5. The summed E-state index contributed by atoms with van der Waals surface area (Å²) in [6.07, 6.45) is 5.28. The van der Waals surface area contributed by atoms with Gasteiger partial charge in [-0.05, 0) is 42.2 Å². The van der Waals surface area contributed by atoms with E-state index in [9.17, 15) is 9.90 Å². The molecule has 0 bridgehead atoms. The molecular formula is C24H22N8O2. The fourth-order valence-corrected chi connectivity index (χ4v) is 4.04. The molecule has 1 aliphatic carbocycles. The van der Waals surface area contributed by atoms with E-state index < -0.39 is 5.69 Å². The van der Waals surface area contributed by atoms with Gasteiger partial charge in [-0.1, -0.05) is 42.5 Å². The number of aromatic amines is 2. The summed E-state index contributed by atoms with van der Waals surface area (Å²) in [4.78, 5) is 30.5. The molecule has 6 rings (SSSR count). The van der Waals surface area contributed by atoms with Crippen LogP contribution in [0.2, 0.25) is 0 Å². The Bertz CT molecular complexity index is 1710. The number of fused-ring (bicyclic) bond motifs is 2. The van der Waals surface area contributed by atoms with Gasteiger partial charge in [-0.3, -0.25) is 4.98 Å². The number of nitrogens with one attached hydrogen (secondary N) is 3. The molecule has 4 N–H and O–H groups in total. The number of imidazole rings is 1. The monoisotopic (exact) mass is 454 g/mol. The highest BCUT2D eigenvalue weighted by molar-refractivity contribution is 5.86. The largest absolute Gasteiger partial charge is 0.493 e. The molecule has 0 spiro atoms. The molecule has 3 aromatic heterocycles. The minimum Gasteiger partial charge on any atom is -0.493 e. The molecule has 0 saturated heterocycles. The lowest BCUT2D eigenvalue weighted by atomic mass is 10.00. The molecule has 3 heterocycles. The van der Waals surface area contributed by atoms with E-state index in [1.165, 1.54) is 10.8 Å². The number of benzene rings is 2. The van der Waals surface area contributed by atoms with Gasteiger partial charge in [0.25, 0.3) is 5.62 Å². The molecule has 1 atom stereocenters. The average Bonchev–Trinajstić information content (AvgIpc) is 3.47. The Balaban J connectivity index is 1.47. The van der Waals surface area contributed by atoms with Crippen LogP contribution in [-0.2, 0) is 0 Å². The van der Waals surface area contributed by atoms with Crippen LogP contribution in [0.5, 0.6) is 5.88 Å². The fourth-order valence-electron chi connectivity index (χ4n) is 4.04. The SMILES string of the molecule is C[C@H](Nc1nc(=NC2CC2)n2ncc(=Cc3[nH]c(=O)[nH]c3O)c2n1)c1cccc2ccccc12. The fraction of sp³-hybridized carbons (Fsp3) is 0.208. The van der Waals surface area contributed by atoms with Gasteiger partial charge in [0, 0.05) is 5.22 Å². The van der Waals surface area contributed by atoms with Gasteiger partial charge >= 0.3 is 5.69 Å². The molecule has 1 aliphatic rings. The van der Waals surface area contributed by atoms with Crippen molar-refractivity contribution in [2.24, 2.45) is 4.99 Å². The molecule has 1 saturated carbocycles. The maximum Gasteiger partial charge on any atom is 0.326 e. The predicted octanol–water partition coefficient (Wildman–Crippen LogP) is 1.78. The standard InChI is InChI=1S/C24H22N8O2/c1-13(17-8-4-6-14-5-2-3-7-18(14)17)26-22-29-20-15(11-19-21(33)30-24(34)28-19)12-25-32(20)23(31-22)27-16-9-10-16/h2-8,11-13,16,33H,9-10H2,1H3,(H,26,27,31)(H2,28,30,34)/t13-/m0/s1. The highest BCUT2D eigenvalue weighted by atomic mass is 16.3. The van der Waals surface area contributed by atoms with Gasteiger partial charge < -0.3 is 15.4 Å². The lowest BCUT2D eigenvalue weighted by molar-refractivity contribution is 0.454. The summed E-state index contributed by atoms with van der Waals surface area (Å²) < 4.78 is 1.58. The van der Waals surface area contributed by atoms with E-state index in [-0.39, 0.29) is 23.7 Å². The third kappa shape index (κ3) is 3.68. The third-order valence-corrected chi connectivity index (χ3v) is 5.89. The van der Waals surface area contributed by atoms with Crippen molar-refractivity contribution >= 4 is 28.4 Å². The van der Waals surface area contributed by atoms with Gasteiger partial charge in [-0.25, -0.2) is 9.79 Å². The number of hydrogen-bond donors (Lipinski definition) is 4. The summed E-state index contributed by atoms with van der Waals surface area (Å²) in [6.45, 7) is 2.07. The van der Waals surface area contributed by atoms with Crippen LogP contribution < -0.4 is 21.8 Å². The second-order valence-corrected chi connectivity index (χ2v) is 8.46. The number of aromatic nitrogens is 6. The first kappa shape index (κ1) is 20.2. The molecule has 170 valence electrons. The van der Waals surface area contributed by atoms with E-state index in [2.05, 4.69) is 56.6 Å². The summed E-state index contributed by atoms with van der Waals surface area (Å²) in [5.41, 5.74) is 1.87. The number of aromatic hydroxyl groups is 1. The molecule has 10 nitrogen and oxygen atoms in total. The number of H-pyrrole nitrogens is 2. The molecule has 5 aromatic rings. The predicted molar refractivity (Wildman–Crippen MR) is 127 cm³/mol. The van der Waals surface area contributed by atoms with Crippen molar-refractivity contribution < 1.29 is 5.11 Å². The second kappa shape index (κ2) is 7.84. The molecule has 1 fully saturated rings. The van der Waals surface area contributed by atoms with Gasteiger partial charge in [0.1, 0.15) is 5.69 Å². The van der Waals surface area contributed by atoms with Crippen molar-refractivity contribution in [3.05, 3.63) is 81.2 Å². The zero-order valence-electron chi connectivity index (χ0n) is 18.4. The van der Waals surface area contributed by atoms with Crippen molar-refractivity contribution in [2.75, 3.05) is 5.32 Å². The lowest BCUT2D eigenvalue weighted by Crippen LogP contribution is -2.25. The van der Waals surface area contributed by atoms with Gasteiger partial charge in [0.2, 0.25) is 11.8 Å². The van der Waals surface area contributed by atoms with E-state index in [1.807, 2.05) is 18.2 Å². The topological polar surface area (TPSA) is 136 Å². The van der Waals surface area contributed by atoms with Crippen LogP contribution in [0.25, 0.3) is 22.5 Å². The molecular weight excluding hydrogens is 432 g/mol. The summed E-state index contributed by atoms with van der Waals surface area (Å²) in [5.74, 6) is 0.179. The van der Waals surface area contributed by atoms with Gasteiger partial charge in [-0.2, -0.15) is 19.6 Å². The Hall–Kier alpha value is -4.47. The van der Waals surface area contributed by atoms with E-state index in [4.69, 9.17) is 9.98 Å². The Kier molecular flexibility index (Phi) is 4.65. The molecule has 2 aromatic carbocycles. The number of anilines is 1. The van der Waals surface area contributed by atoms with Crippen molar-refractivity contribution in [2.45, 2.75) is 31.8 Å². The van der Waals surface area contributed by atoms with Crippen molar-refractivity contribution in [3.8, 4) is 5.88 Å². The van der Waals surface area contributed by atoms with E-state index in [0.717, 1.165) is 18.4 Å². The molecule has 0 radical (unpaired) electrons. The van der Waals surface area contributed by atoms with Crippen LogP contribution in [0.4, 0.5) is 5.95 Å². The first-order valence-corrected chi connectivity index (χ1v) is 11.1. The third-order valence-electron chi connectivity index (χ3n) is 5.89. The van der Waals surface area contributed by atoms with E-state index in [0.29, 0.717) is 22.4 Å². The first-order valence-electron chi connectivity index (χ1n) is 11.1. The summed E-state index contributed by atoms with van der Waals surface area (Å²) in [7, 11) is 0. The van der Waals surface area contributed by atoms with Crippen LogP contribution in [0.1, 0.15) is 37.1 Å². The summed E-state index contributed by atoms with van der Waals surface area (Å²) in [6, 6.07) is 14.7. The first-order chi connectivity index (χ1) is 16.5. The summed E-state index contributed by atoms with van der Waals surface area (Å²) >= 11 is 0. The van der Waals surface area contributed by atoms with E-state index >= 15 is 0 Å². The zero-order valence-corrected chi connectivity index (χ0v) is 18.4. The zero-order chi connectivity index (χ0) is 23.2. The highest BCUT2D eigenvalue weighted by Crippen LogP contribution is 2.26. The maximum absolute atomic E-state index is 11.5. The van der Waals surface area contributed by atoms with E-state index in [1.54, 1.807) is 16.8 Å². The van der Waals surface area contributed by atoms with Gasteiger partial charge in [0.05, 0.1) is 18.3 Å². The average molecular weight is 454 g/mol. The summed E-state index contributed by atoms with van der Waals surface area (Å²) in [5, 5.41) is 20.7. The van der Waals surface area contributed by atoms with Crippen molar-refractivity contribution in [1.82, 2.24) is 29.5 Å².